The minimum atomic E-state index is -0.514. The van der Waals surface area contributed by atoms with Crippen molar-refractivity contribution in [2.75, 3.05) is 13.7 Å². The maximum Gasteiger partial charge on any atom is 0.165 e. The largest absolute Gasteiger partial charge is 0.497 e. The van der Waals surface area contributed by atoms with E-state index in [4.69, 9.17) is 10.5 Å². The number of benzene rings is 1. The SMILES string of the molecule is CCCC(CCN)CCC(=O)c1ccc(OC)cc1F. The van der Waals surface area contributed by atoms with Gasteiger partial charge < -0.3 is 10.5 Å². The van der Waals surface area contributed by atoms with E-state index in [1.807, 2.05) is 0 Å². The highest BCUT2D eigenvalue weighted by Crippen LogP contribution is 2.21. The second-order valence-electron chi connectivity index (χ2n) is 5.04. The van der Waals surface area contributed by atoms with Crippen LogP contribution in [0.5, 0.6) is 5.75 Å². The molecule has 0 saturated heterocycles. The van der Waals surface area contributed by atoms with Gasteiger partial charge in [-0.05, 0) is 37.4 Å². The number of ether oxygens (including phenoxy) is 1. The van der Waals surface area contributed by atoms with E-state index in [1.54, 1.807) is 6.07 Å². The van der Waals surface area contributed by atoms with E-state index in [-0.39, 0.29) is 11.3 Å². The van der Waals surface area contributed by atoms with Crippen molar-refractivity contribution in [1.82, 2.24) is 0 Å². The number of hydrogen-bond acceptors (Lipinski definition) is 3. The van der Waals surface area contributed by atoms with E-state index < -0.39 is 5.82 Å². The Balaban J connectivity index is 2.61. The van der Waals surface area contributed by atoms with Crippen LogP contribution in [0.1, 0.15) is 49.4 Å². The summed E-state index contributed by atoms with van der Waals surface area (Å²) in [5.74, 6) is 0.213. The maximum atomic E-state index is 13.8. The highest BCUT2D eigenvalue weighted by Gasteiger charge is 2.15. The van der Waals surface area contributed by atoms with Crippen molar-refractivity contribution in [1.29, 1.82) is 0 Å². The Morgan fingerprint density at radius 2 is 2.10 bits per heavy atom. The Morgan fingerprint density at radius 3 is 2.65 bits per heavy atom. The van der Waals surface area contributed by atoms with Gasteiger partial charge in [0.1, 0.15) is 11.6 Å². The summed E-state index contributed by atoms with van der Waals surface area (Å²) in [5, 5.41) is 0. The van der Waals surface area contributed by atoms with Gasteiger partial charge in [-0.1, -0.05) is 19.8 Å². The van der Waals surface area contributed by atoms with Gasteiger partial charge >= 0.3 is 0 Å². The minimum Gasteiger partial charge on any atom is -0.497 e. The van der Waals surface area contributed by atoms with Crippen molar-refractivity contribution in [2.24, 2.45) is 11.7 Å². The molecule has 1 rings (SSSR count). The lowest BCUT2D eigenvalue weighted by Gasteiger charge is -2.14. The number of methoxy groups -OCH3 is 1. The molecule has 0 aliphatic heterocycles. The number of halogens is 1. The summed E-state index contributed by atoms with van der Waals surface area (Å²) in [6.07, 6.45) is 4.21. The molecule has 0 saturated carbocycles. The molecule has 0 aromatic heterocycles. The number of carbonyl (C=O) groups is 1. The summed E-state index contributed by atoms with van der Waals surface area (Å²) in [6, 6.07) is 4.35. The normalized spacial score (nSPS) is 12.2. The highest BCUT2D eigenvalue weighted by atomic mass is 19.1. The van der Waals surface area contributed by atoms with Gasteiger partial charge in [0.05, 0.1) is 12.7 Å². The van der Waals surface area contributed by atoms with Crippen molar-refractivity contribution in [2.45, 2.75) is 39.0 Å². The second kappa shape index (κ2) is 8.69. The van der Waals surface area contributed by atoms with Gasteiger partial charge in [-0.25, -0.2) is 4.39 Å². The first-order valence-corrected chi connectivity index (χ1v) is 7.19. The summed E-state index contributed by atoms with van der Waals surface area (Å²) in [7, 11) is 1.47. The fraction of sp³-hybridized carbons (Fsp3) is 0.562. The summed E-state index contributed by atoms with van der Waals surface area (Å²) in [6.45, 7) is 2.75. The van der Waals surface area contributed by atoms with E-state index in [0.717, 1.165) is 25.7 Å². The molecule has 4 heteroatoms. The lowest BCUT2D eigenvalue weighted by molar-refractivity contribution is 0.0968. The van der Waals surface area contributed by atoms with Gasteiger partial charge in [-0.15, -0.1) is 0 Å². The molecule has 1 atom stereocenters. The van der Waals surface area contributed by atoms with Crippen molar-refractivity contribution < 1.29 is 13.9 Å². The summed E-state index contributed by atoms with van der Waals surface area (Å²) < 4.78 is 18.7. The first kappa shape index (κ1) is 16.6. The van der Waals surface area contributed by atoms with Gasteiger partial charge in [-0.3, -0.25) is 4.79 Å². The van der Waals surface area contributed by atoms with Crippen molar-refractivity contribution in [3.8, 4) is 5.75 Å². The van der Waals surface area contributed by atoms with Crippen LogP contribution in [-0.4, -0.2) is 19.4 Å². The molecule has 0 fully saturated rings. The van der Waals surface area contributed by atoms with Gasteiger partial charge in [0.25, 0.3) is 0 Å². The molecular formula is C16H24FNO2. The summed E-state index contributed by atoms with van der Waals surface area (Å²) in [5.41, 5.74) is 5.72. The molecule has 1 aromatic rings. The molecule has 0 aliphatic rings. The molecule has 0 bridgehead atoms. The van der Waals surface area contributed by atoms with Gasteiger partial charge in [-0.2, -0.15) is 0 Å². The number of nitrogens with two attached hydrogens (primary N) is 1. The monoisotopic (exact) mass is 281 g/mol. The standard InChI is InChI=1S/C16H24FNO2/c1-3-4-12(9-10-18)5-8-16(19)14-7-6-13(20-2)11-15(14)17/h6-7,11-12H,3-5,8-10,18H2,1-2H3. The highest BCUT2D eigenvalue weighted by molar-refractivity contribution is 5.96. The van der Waals surface area contributed by atoms with Crippen LogP contribution in [0.2, 0.25) is 0 Å². The molecule has 112 valence electrons. The number of Topliss-reactive ketones (excluding diaryl/α,β-unsaturated/α-hetero) is 1. The topological polar surface area (TPSA) is 52.3 Å². The average Bonchev–Trinajstić information content (AvgIpc) is 2.44. The Hall–Kier alpha value is -1.42. The van der Waals surface area contributed by atoms with Crippen LogP contribution < -0.4 is 10.5 Å². The van der Waals surface area contributed by atoms with E-state index in [2.05, 4.69) is 6.92 Å². The van der Waals surface area contributed by atoms with Crippen molar-refractivity contribution >= 4 is 5.78 Å². The molecule has 0 spiro atoms. The molecule has 20 heavy (non-hydrogen) atoms. The van der Waals surface area contributed by atoms with Crippen LogP contribution in [0.4, 0.5) is 4.39 Å². The Kier molecular flexibility index (Phi) is 7.23. The fourth-order valence-corrected chi connectivity index (χ4v) is 2.40. The molecule has 0 amide bonds. The lowest BCUT2D eigenvalue weighted by atomic mass is 9.92. The third-order valence-corrected chi connectivity index (χ3v) is 3.53. The van der Waals surface area contributed by atoms with E-state index in [0.29, 0.717) is 24.6 Å². The smallest absolute Gasteiger partial charge is 0.165 e. The van der Waals surface area contributed by atoms with E-state index in [9.17, 15) is 9.18 Å². The van der Waals surface area contributed by atoms with Crippen LogP contribution in [0.25, 0.3) is 0 Å². The molecule has 1 unspecified atom stereocenters. The van der Waals surface area contributed by atoms with E-state index >= 15 is 0 Å². The molecular weight excluding hydrogens is 257 g/mol. The Morgan fingerprint density at radius 1 is 1.35 bits per heavy atom. The van der Waals surface area contributed by atoms with Gasteiger partial charge in [0, 0.05) is 12.5 Å². The van der Waals surface area contributed by atoms with Crippen LogP contribution >= 0.6 is 0 Å². The predicted octanol–water partition coefficient (Wildman–Crippen LogP) is 3.56. The average molecular weight is 281 g/mol. The van der Waals surface area contributed by atoms with Crippen LogP contribution in [0.3, 0.4) is 0 Å². The second-order valence-corrected chi connectivity index (χ2v) is 5.04. The number of ketones is 1. The third-order valence-electron chi connectivity index (χ3n) is 3.53. The predicted molar refractivity (Wildman–Crippen MR) is 78.6 cm³/mol. The fourth-order valence-electron chi connectivity index (χ4n) is 2.40. The number of rotatable bonds is 9. The number of carbonyl (C=O) groups excluding carboxylic acids is 1. The van der Waals surface area contributed by atoms with Crippen molar-refractivity contribution in [3.05, 3.63) is 29.6 Å². The summed E-state index contributed by atoms with van der Waals surface area (Å²) >= 11 is 0. The Labute approximate surface area is 120 Å². The molecule has 0 aliphatic carbocycles. The minimum absolute atomic E-state index is 0.147. The zero-order chi connectivity index (χ0) is 15.0. The Bertz CT molecular complexity index is 428. The third kappa shape index (κ3) is 4.93. The zero-order valence-electron chi connectivity index (χ0n) is 12.3. The molecule has 0 heterocycles. The van der Waals surface area contributed by atoms with Crippen LogP contribution in [0.15, 0.2) is 18.2 Å². The summed E-state index contributed by atoms with van der Waals surface area (Å²) in [4.78, 5) is 12.1. The van der Waals surface area contributed by atoms with Gasteiger partial charge in [0.2, 0.25) is 0 Å². The van der Waals surface area contributed by atoms with Crippen LogP contribution in [0, 0.1) is 11.7 Å². The molecule has 0 radical (unpaired) electrons. The first-order valence-electron chi connectivity index (χ1n) is 7.19. The van der Waals surface area contributed by atoms with E-state index in [1.165, 1.54) is 19.2 Å². The maximum absolute atomic E-state index is 13.8. The molecule has 1 aromatic carbocycles. The molecule has 3 nitrogen and oxygen atoms in total. The molecule has 2 N–H and O–H groups in total. The van der Waals surface area contributed by atoms with Gasteiger partial charge in [0.15, 0.2) is 5.78 Å². The van der Waals surface area contributed by atoms with Crippen molar-refractivity contribution in [3.63, 3.8) is 0 Å². The number of hydrogen-bond donors (Lipinski definition) is 1. The van der Waals surface area contributed by atoms with Crippen LogP contribution in [-0.2, 0) is 0 Å². The lowest BCUT2D eigenvalue weighted by Crippen LogP contribution is -2.11. The quantitative estimate of drug-likeness (QED) is 0.704. The first-order chi connectivity index (χ1) is 9.62. The zero-order valence-corrected chi connectivity index (χ0v) is 12.3.